The first-order chi connectivity index (χ1) is 8.00. The number of fused-ring (bicyclic) bond motifs is 1. The molecule has 0 unspecified atom stereocenters. The molecule has 4 nitrogen and oxygen atoms in total. The quantitative estimate of drug-likeness (QED) is 0.540. The summed E-state index contributed by atoms with van der Waals surface area (Å²) in [4.78, 5) is 27.7. The number of hydrogen-bond acceptors (Lipinski definition) is 3. The first kappa shape index (κ1) is 12.3. The second-order valence-corrected chi connectivity index (χ2v) is 5.33. The molecule has 0 aromatic carbocycles. The molecule has 0 spiro atoms. The standard InChI is InChI=1S/C13H20N2O2/c1-9-4-5-10-11(8-9)13(17)15(12(10)16)7-6-14(2)3/h4,10-11H,5-8H2,1-3H3/t10-,11+/m0/s1. The van der Waals surface area contributed by atoms with E-state index in [2.05, 4.69) is 6.08 Å². The summed E-state index contributed by atoms with van der Waals surface area (Å²) in [7, 11) is 3.90. The molecule has 1 saturated heterocycles. The van der Waals surface area contributed by atoms with Crippen LogP contribution in [0.5, 0.6) is 0 Å². The van der Waals surface area contributed by atoms with Crippen molar-refractivity contribution in [2.24, 2.45) is 11.8 Å². The highest BCUT2D eigenvalue weighted by atomic mass is 16.2. The summed E-state index contributed by atoms with van der Waals surface area (Å²) >= 11 is 0. The first-order valence-electron chi connectivity index (χ1n) is 6.16. The second-order valence-electron chi connectivity index (χ2n) is 5.33. The van der Waals surface area contributed by atoms with E-state index in [-0.39, 0.29) is 23.7 Å². The number of carbonyl (C=O) groups excluding carboxylic acids is 2. The van der Waals surface area contributed by atoms with Crippen LogP contribution >= 0.6 is 0 Å². The normalized spacial score (nSPS) is 28.7. The summed E-state index contributed by atoms with van der Waals surface area (Å²) in [5, 5.41) is 0. The number of hydrogen-bond donors (Lipinski definition) is 0. The minimum atomic E-state index is -0.0895. The van der Waals surface area contributed by atoms with Gasteiger partial charge < -0.3 is 4.90 Å². The number of allylic oxidation sites excluding steroid dienone is 2. The van der Waals surface area contributed by atoms with Crippen molar-refractivity contribution < 1.29 is 9.59 Å². The van der Waals surface area contributed by atoms with Crippen molar-refractivity contribution in [3.63, 3.8) is 0 Å². The van der Waals surface area contributed by atoms with Gasteiger partial charge in [-0.1, -0.05) is 11.6 Å². The lowest BCUT2D eigenvalue weighted by molar-refractivity contribution is -0.140. The van der Waals surface area contributed by atoms with Crippen LogP contribution in [0.1, 0.15) is 19.8 Å². The van der Waals surface area contributed by atoms with Gasteiger partial charge in [0.15, 0.2) is 0 Å². The Hall–Kier alpha value is -1.16. The molecule has 1 fully saturated rings. The number of likely N-dealkylation sites (N-methyl/N-ethyl adjacent to an activating group) is 1. The van der Waals surface area contributed by atoms with E-state index in [1.807, 2.05) is 25.9 Å². The zero-order chi connectivity index (χ0) is 12.6. The molecule has 4 heteroatoms. The smallest absolute Gasteiger partial charge is 0.233 e. The number of carbonyl (C=O) groups is 2. The van der Waals surface area contributed by atoms with Gasteiger partial charge in [-0.2, -0.15) is 0 Å². The molecule has 2 rings (SSSR count). The Morgan fingerprint density at radius 3 is 2.59 bits per heavy atom. The van der Waals surface area contributed by atoms with Gasteiger partial charge in [-0.25, -0.2) is 0 Å². The largest absolute Gasteiger partial charge is 0.308 e. The molecular formula is C13H20N2O2. The Morgan fingerprint density at radius 2 is 1.94 bits per heavy atom. The molecular weight excluding hydrogens is 216 g/mol. The van der Waals surface area contributed by atoms with Crippen molar-refractivity contribution in [1.82, 2.24) is 9.80 Å². The molecule has 1 aliphatic carbocycles. The topological polar surface area (TPSA) is 40.6 Å². The number of rotatable bonds is 3. The van der Waals surface area contributed by atoms with E-state index in [4.69, 9.17) is 0 Å². The van der Waals surface area contributed by atoms with Gasteiger partial charge in [0.2, 0.25) is 11.8 Å². The minimum Gasteiger partial charge on any atom is -0.308 e. The van der Waals surface area contributed by atoms with Gasteiger partial charge in [0.1, 0.15) is 0 Å². The van der Waals surface area contributed by atoms with Gasteiger partial charge in [-0.3, -0.25) is 14.5 Å². The third-order valence-corrected chi connectivity index (χ3v) is 3.69. The molecule has 2 amide bonds. The summed E-state index contributed by atoms with van der Waals surface area (Å²) in [6.45, 7) is 3.30. The van der Waals surface area contributed by atoms with Gasteiger partial charge in [-0.05, 0) is 33.9 Å². The van der Waals surface area contributed by atoms with Crippen molar-refractivity contribution in [3.05, 3.63) is 11.6 Å². The van der Waals surface area contributed by atoms with E-state index >= 15 is 0 Å². The summed E-state index contributed by atoms with van der Waals surface area (Å²) in [6, 6.07) is 0. The Bertz CT molecular complexity index is 374. The number of imide groups is 1. The first-order valence-corrected chi connectivity index (χ1v) is 6.16. The van der Waals surface area contributed by atoms with Crippen LogP contribution in [-0.2, 0) is 9.59 Å². The summed E-state index contributed by atoms with van der Waals surface area (Å²) in [5.74, 6) is -0.108. The molecule has 17 heavy (non-hydrogen) atoms. The van der Waals surface area contributed by atoms with Gasteiger partial charge in [-0.15, -0.1) is 0 Å². The monoisotopic (exact) mass is 236 g/mol. The van der Waals surface area contributed by atoms with Crippen molar-refractivity contribution in [2.75, 3.05) is 27.2 Å². The van der Waals surface area contributed by atoms with Crippen LogP contribution in [0.4, 0.5) is 0 Å². The van der Waals surface area contributed by atoms with E-state index in [1.54, 1.807) is 0 Å². The van der Waals surface area contributed by atoms with Crippen LogP contribution in [0.25, 0.3) is 0 Å². The van der Waals surface area contributed by atoms with Gasteiger partial charge in [0.05, 0.1) is 11.8 Å². The number of nitrogens with zero attached hydrogens (tertiary/aromatic N) is 2. The van der Waals surface area contributed by atoms with Crippen LogP contribution < -0.4 is 0 Å². The van der Waals surface area contributed by atoms with Crippen LogP contribution in [0.15, 0.2) is 11.6 Å². The summed E-state index contributed by atoms with van der Waals surface area (Å²) in [6.07, 6.45) is 3.59. The molecule has 0 bridgehead atoms. The molecule has 2 aliphatic rings. The summed E-state index contributed by atoms with van der Waals surface area (Å²) in [5.41, 5.74) is 1.24. The number of amides is 2. The van der Waals surface area contributed by atoms with E-state index in [0.717, 1.165) is 19.4 Å². The lowest BCUT2D eigenvalue weighted by Crippen LogP contribution is -2.36. The zero-order valence-electron chi connectivity index (χ0n) is 10.8. The third-order valence-electron chi connectivity index (χ3n) is 3.69. The van der Waals surface area contributed by atoms with E-state index in [1.165, 1.54) is 10.5 Å². The highest BCUT2D eigenvalue weighted by Crippen LogP contribution is 2.37. The van der Waals surface area contributed by atoms with E-state index in [0.29, 0.717) is 6.54 Å². The second kappa shape index (κ2) is 4.61. The Labute approximate surface area is 102 Å². The average Bonchev–Trinajstić information content (AvgIpc) is 2.49. The predicted molar refractivity (Wildman–Crippen MR) is 65.2 cm³/mol. The fourth-order valence-corrected chi connectivity index (χ4v) is 2.63. The Morgan fingerprint density at radius 1 is 1.29 bits per heavy atom. The Kier molecular flexibility index (Phi) is 3.33. The van der Waals surface area contributed by atoms with Crippen molar-refractivity contribution >= 4 is 11.8 Å². The maximum absolute atomic E-state index is 12.2. The minimum absolute atomic E-state index is 0.0330. The van der Waals surface area contributed by atoms with Gasteiger partial charge in [0, 0.05) is 13.1 Å². The molecule has 1 aliphatic heterocycles. The molecule has 1 heterocycles. The fraction of sp³-hybridized carbons (Fsp3) is 0.692. The SMILES string of the molecule is CC1=CC[C@@H]2C(=O)N(CCN(C)C)C(=O)[C@@H]2C1. The highest BCUT2D eigenvalue weighted by Gasteiger charge is 2.47. The van der Waals surface area contributed by atoms with E-state index < -0.39 is 0 Å². The zero-order valence-corrected chi connectivity index (χ0v) is 10.8. The maximum atomic E-state index is 12.2. The average molecular weight is 236 g/mol. The molecule has 94 valence electrons. The van der Waals surface area contributed by atoms with Crippen LogP contribution in [0, 0.1) is 11.8 Å². The molecule has 0 N–H and O–H groups in total. The predicted octanol–water partition coefficient (Wildman–Crippen LogP) is 0.889. The third kappa shape index (κ3) is 2.27. The lowest BCUT2D eigenvalue weighted by atomic mass is 9.82. The maximum Gasteiger partial charge on any atom is 0.233 e. The van der Waals surface area contributed by atoms with Crippen molar-refractivity contribution in [3.8, 4) is 0 Å². The van der Waals surface area contributed by atoms with Crippen LogP contribution in [0.2, 0.25) is 0 Å². The fourth-order valence-electron chi connectivity index (χ4n) is 2.63. The lowest BCUT2D eigenvalue weighted by Gasteiger charge is -2.19. The highest BCUT2D eigenvalue weighted by molar-refractivity contribution is 6.05. The molecule has 0 aromatic heterocycles. The molecule has 0 saturated carbocycles. The van der Waals surface area contributed by atoms with E-state index in [9.17, 15) is 9.59 Å². The van der Waals surface area contributed by atoms with Crippen molar-refractivity contribution in [2.45, 2.75) is 19.8 Å². The van der Waals surface area contributed by atoms with Gasteiger partial charge in [0.25, 0.3) is 0 Å². The van der Waals surface area contributed by atoms with Crippen molar-refractivity contribution in [1.29, 1.82) is 0 Å². The summed E-state index contributed by atoms with van der Waals surface area (Å²) < 4.78 is 0. The molecule has 2 atom stereocenters. The van der Waals surface area contributed by atoms with Crippen LogP contribution in [0.3, 0.4) is 0 Å². The Balaban J connectivity index is 2.08. The molecule has 0 aromatic rings. The number of likely N-dealkylation sites (tertiary alicyclic amines) is 1. The molecule has 0 radical (unpaired) electrons. The van der Waals surface area contributed by atoms with Crippen LogP contribution in [-0.4, -0.2) is 48.8 Å². The van der Waals surface area contributed by atoms with Gasteiger partial charge >= 0.3 is 0 Å².